The molecule has 0 radical (unpaired) electrons. The monoisotopic (exact) mass is 350 g/mol. The maximum atomic E-state index is 12.2. The zero-order valence-electron chi connectivity index (χ0n) is 14.1. The lowest BCUT2D eigenvalue weighted by Crippen LogP contribution is -2.20. The molecule has 0 saturated heterocycles. The average Bonchev–Trinajstić information content (AvgIpc) is 3.03. The van der Waals surface area contributed by atoms with Crippen molar-refractivity contribution in [3.63, 3.8) is 0 Å². The van der Waals surface area contributed by atoms with Gasteiger partial charge < -0.3 is 16.3 Å². The molecule has 0 spiro atoms. The predicted octanol–water partition coefficient (Wildman–Crippen LogP) is 2.36. The van der Waals surface area contributed by atoms with E-state index in [4.69, 9.17) is 10.9 Å². The Bertz CT molecular complexity index is 932. The number of rotatable bonds is 5. The van der Waals surface area contributed by atoms with Crippen molar-refractivity contribution in [3.8, 4) is 11.4 Å². The first-order valence-electron chi connectivity index (χ1n) is 7.91. The largest absolute Gasteiger partial charge is 0.411 e. The summed E-state index contributed by atoms with van der Waals surface area (Å²) >= 11 is 0. The number of hydrogen-bond acceptors (Lipinski definition) is 6. The maximum absolute atomic E-state index is 12.2. The van der Waals surface area contributed by atoms with Gasteiger partial charge in [0.25, 0.3) is 0 Å². The van der Waals surface area contributed by atoms with Crippen LogP contribution >= 0.6 is 0 Å². The van der Waals surface area contributed by atoms with Crippen LogP contribution in [0.3, 0.4) is 0 Å². The summed E-state index contributed by atoms with van der Waals surface area (Å²) in [5.74, 6) is 0.365. The van der Waals surface area contributed by atoms with Crippen molar-refractivity contribution >= 4 is 23.3 Å². The number of anilines is 2. The van der Waals surface area contributed by atoms with Gasteiger partial charge in [-0.05, 0) is 24.6 Å². The lowest BCUT2D eigenvalue weighted by molar-refractivity contribution is -0.116. The molecule has 0 bridgehead atoms. The number of benzene rings is 2. The molecule has 3 rings (SSSR count). The van der Waals surface area contributed by atoms with E-state index in [1.54, 1.807) is 31.2 Å². The van der Waals surface area contributed by atoms with E-state index in [-0.39, 0.29) is 18.4 Å². The number of aromatic nitrogens is 3. The summed E-state index contributed by atoms with van der Waals surface area (Å²) in [6, 6.07) is 16.4. The number of amides is 1. The number of nitrogens with zero attached hydrogens (tertiary/aromatic N) is 4. The van der Waals surface area contributed by atoms with Gasteiger partial charge >= 0.3 is 0 Å². The summed E-state index contributed by atoms with van der Waals surface area (Å²) in [5.41, 5.74) is 8.56. The van der Waals surface area contributed by atoms with Crippen molar-refractivity contribution in [2.45, 2.75) is 13.5 Å². The molecule has 8 heteroatoms. The summed E-state index contributed by atoms with van der Waals surface area (Å²) in [7, 11) is 0. The second-order valence-electron chi connectivity index (χ2n) is 5.63. The molecular weight excluding hydrogens is 332 g/mol. The standard InChI is InChI=1S/C18H18N6O2/c1-12(23-26)13-7-9-15(10-8-13)20-16(25)11-24-18(19)21-17(22-24)14-5-3-2-4-6-14/h2-10,26H,11H2,1H3,(H,20,25)(H2,19,21,22)/b23-12-. The molecule has 2 aromatic carbocycles. The fraction of sp³-hybridized carbons (Fsp3) is 0.111. The van der Waals surface area contributed by atoms with Crippen LogP contribution < -0.4 is 11.1 Å². The summed E-state index contributed by atoms with van der Waals surface area (Å²) in [4.78, 5) is 16.4. The summed E-state index contributed by atoms with van der Waals surface area (Å²) in [6.07, 6.45) is 0. The predicted molar refractivity (Wildman–Crippen MR) is 98.9 cm³/mol. The van der Waals surface area contributed by atoms with E-state index in [0.717, 1.165) is 11.1 Å². The highest BCUT2D eigenvalue weighted by atomic mass is 16.4. The minimum absolute atomic E-state index is 0.0510. The zero-order valence-corrected chi connectivity index (χ0v) is 14.1. The van der Waals surface area contributed by atoms with Gasteiger partial charge in [0.1, 0.15) is 6.54 Å². The highest BCUT2D eigenvalue weighted by Crippen LogP contribution is 2.16. The van der Waals surface area contributed by atoms with Gasteiger partial charge in [-0.1, -0.05) is 47.6 Å². The Morgan fingerprint density at radius 2 is 1.88 bits per heavy atom. The topological polar surface area (TPSA) is 118 Å². The van der Waals surface area contributed by atoms with E-state index in [9.17, 15) is 4.79 Å². The molecule has 0 fully saturated rings. The minimum Gasteiger partial charge on any atom is -0.411 e. The first-order valence-corrected chi connectivity index (χ1v) is 7.91. The van der Waals surface area contributed by atoms with Crippen molar-refractivity contribution < 1.29 is 10.0 Å². The third-order valence-corrected chi connectivity index (χ3v) is 3.76. The quantitative estimate of drug-likeness (QED) is 0.371. The van der Waals surface area contributed by atoms with Crippen LogP contribution in [0.2, 0.25) is 0 Å². The van der Waals surface area contributed by atoms with Gasteiger partial charge in [-0.3, -0.25) is 4.79 Å². The number of hydrogen-bond donors (Lipinski definition) is 3. The second-order valence-corrected chi connectivity index (χ2v) is 5.63. The molecule has 1 amide bonds. The average molecular weight is 350 g/mol. The Hall–Kier alpha value is -3.68. The Morgan fingerprint density at radius 1 is 1.19 bits per heavy atom. The molecule has 0 aliphatic carbocycles. The van der Waals surface area contributed by atoms with Gasteiger partial charge in [0, 0.05) is 11.3 Å². The van der Waals surface area contributed by atoms with Crippen molar-refractivity contribution in [3.05, 3.63) is 60.2 Å². The van der Waals surface area contributed by atoms with Crippen LogP contribution in [0.1, 0.15) is 12.5 Å². The Balaban J connectivity index is 1.68. The van der Waals surface area contributed by atoms with Crippen LogP contribution in [0.25, 0.3) is 11.4 Å². The molecule has 8 nitrogen and oxygen atoms in total. The van der Waals surface area contributed by atoms with E-state index in [2.05, 4.69) is 20.6 Å². The van der Waals surface area contributed by atoms with Crippen LogP contribution in [0.15, 0.2) is 59.8 Å². The molecule has 0 saturated carbocycles. The minimum atomic E-state index is -0.276. The number of nitrogens with two attached hydrogens (primary N) is 1. The molecule has 3 aromatic rings. The molecule has 4 N–H and O–H groups in total. The van der Waals surface area contributed by atoms with E-state index < -0.39 is 0 Å². The van der Waals surface area contributed by atoms with Crippen LogP contribution in [-0.4, -0.2) is 31.6 Å². The molecule has 26 heavy (non-hydrogen) atoms. The van der Waals surface area contributed by atoms with Crippen LogP contribution in [-0.2, 0) is 11.3 Å². The van der Waals surface area contributed by atoms with Crippen molar-refractivity contribution in [2.75, 3.05) is 11.1 Å². The van der Waals surface area contributed by atoms with E-state index in [1.165, 1.54) is 4.68 Å². The normalized spacial score (nSPS) is 11.3. The summed E-state index contributed by atoms with van der Waals surface area (Å²) in [6.45, 7) is 1.63. The molecule has 0 unspecified atom stereocenters. The van der Waals surface area contributed by atoms with Gasteiger partial charge in [0.2, 0.25) is 11.9 Å². The van der Waals surface area contributed by atoms with Crippen LogP contribution in [0.5, 0.6) is 0 Å². The molecule has 0 aliphatic heterocycles. The lowest BCUT2D eigenvalue weighted by atomic mass is 10.1. The second kappa shape index (κ2) is 7.47. The van der Waals surface area contributed by atoms with Gasteiger partial charge in [-0.2, -0.15) is 4.98 Å². The summed E-state index contributed by atoms with van der Waals surface area (Å²) in [5, 5.41) is 19.0. The van der Waals surface area contributed by atoms with Crippen molar-refractivity contribution in [1.82, 2.24) is 14.8 Å². The summed E-state index contributed by atoms with van der Waals surface area (Å²) < 4.78 is 1.36. The number of oxime groups is 1. The number of nitrogens with one attached hydrogen (secondary N) is 1. The first-order chi connectivity index (χ1) is 12.6. The van der Waals surface area contributed by atoms with Gasteiger partial charge in [-0.15, -0.1) is 5.10 Å². The molecular formula is C18H18N6O2. The van der Waals surface area contributed by atoms with Crippen molar-refractivity contribution in [2.24, 2.45) is 5.16 Å². The lowest BCUT2D eigenvalue weighted by Gasteiger charge is -2.07. The highest BCUT2D eigenvalue weighted by molar-refractivity contribution is 5.99. The third kappa shape index (κ3) is 3.86. The third-order valence-electron chi connectivity index (χ3n) is 3.76. The number of carbonyl (C=O) groups is 1. The smallest absolute Gasteiger partial charge is 0.246 e. The Morgan fingerprint density at radius 3 is 2.54 bits per heavy atom. The Kier molecular flexibility index (Phi) is 4.93. The number of carbonyl (C=O) groups excluding carboxylic acids is 1. The molecule has 132 valence electrons. The van der Waals surface area contributed by atoms with Crippen LogP contribution in [0.4, 0.5) is 11.6 Å². The molecule has 0 atom stereocenters. The van der Waals surface area contributed by atoms with Crippen LogP contribution in [0, 0.1) is 0 Å². The Labute approximate surface area is 150 Å². The highest BCUT2D eigenvalue weighted by Gasteiger charge is 2.12. The molecule has 1 aromatic heterocycles. The molecule has 0 aliphatic rings. The van der Waals surface area contributed by atoms with Gasteiger partial charge in [0.15, 0.2) is 5.82 Å². The SMILES string of the molecule is C/C(=N/O)c1ccc(NC(=O)Cn2nc(-c3ccccc3)nc2N)cc1. The van der Waals surface area contributed by atoms with Crippen molar-refractivity contribution in [1.29, 1.82) is 0 Å². The maximum Gasteiger partial charge on any atom is 0.246 e. The fourth-order valence-corrected chi connectivity index (χ4v) is 2.37. The van der Waals surface area contributed by atoms with Gasteiger partial charge in [0.05, 0.1) is 5.71 Å². The van der Waals surface area contributed by atoms with Gasteiger partial charge in [-0.25, -0.2) is 4.68 Å². The fourth-order valence-electron chi connectivity index (χ4n) is 2.37. The number of nitrogen functional groups attached to an aromatic ring is 1. The van der Waals surface area contributed by atoms with E-state index in [1.807, 2.05) is 30.3 Å². The zero-order chi connectivity index (χ0) is 18.5. The first kappa shape index (κ1) is 17.2. The van der Waals surface area contributed by atoms with E-state index >= 15 is 0 Å². The van der Waals surface area contributed by atoms with E-state index in [0.29, 0.717) is 17.2 Å². The molecule has 1 heterocycles.